The van der Waals surface area contributed by atoms with Gasteiger partial charge in [-0.2, -0.15) is 0 Å². The van der Waals surface area contributed by atoms with Crippen molar-refractivity contribution in [2.24, 2.45) is 5.73 Å². The first-order valence-electron chi connectivity index (χ1n) is 11.4. The highest BCUT2D eigenvalue weighted by molar-refractivity contribution is 5.99. The predicted molar refractivity (Wildman–Crippen MR) is 131 cm³/mol. The fourth-order valence-electron chi connectivity index (χ4n) is 4.26. The Bertz CT molecular complexity index is 1190. The van der Waals surface area contributed by atoms with E-state index in [4.69, 9.17) is 20.9 Å². The number of aromatic nitrogens is 2. The van der Waals surface area contributed by atoms with Gasteiger partial charge in [0.25, 0.3) is 0 Å². The number of anilines is 3. The number of rotatable bonds is 5. The van der Waals surface area contributed by atoms with Gasteiger partial charge in [-0.1, -0.05) is 0 Å². The molecule has 0 saturated carbocycles. The third-order valence-corrected chi connectivity index (χ3v) is 6.06. The van der Waals surface area contributed by atoms with Crippen LogP contribution in [0.5, 0.6) is 11.5 Å². The Balaban J connectivity index is 1.43. The zero-order chi connectivity index (χ0) is 23.7. The second-order valence-electron chi connectivity index (χ2n) is 8.55. The lowest BCUT2D eigenvalue weighted by atomic mass is 10.1. The van der Waals surface area contributed by atoms with Gasteiger partial charge in [0, 0.05) is 54.8 Å². The molecule has 0 bridgehead atoms. The van der Waals surface area contributed by atoms with E-state index in [-0.39, 0.29) is 5.91 Å². The van der Waals surface area contributed by atoms with Gasteiger partial charge in [-0.3, -0.25) is 9.78 Å². The van der Waals surface area contributed by atoms with Crippen LogP contribution in [0.4, 0.5) is 17.2 Å². The lowest BCUT2D eigenvalue weighted by Gasteiger charge is -2.28. The summed E-state index contributed by atoms with van der Waals surface area (Å²) in [7, 11) is 0. The first kappa shape index (κ1) is 22.1. The summed E-state index contributed by atoms with van der Waals surface area (Å²) in [6, 6.07) is 12.6. The summed E-state index contributed by atoms with van der Waals surface area (Å²) in [5.41, 5.74) is 15.6. The molecule has 176 valence electrons. The molecule has 3 aromatic rings. The molecule has 5 rings (SSSR count). The van der Waals surface area contributed by atoms with Gasteiger partial charge in [0.2, 0.25) is 5.91 Å². The molecule has 1 amide bonds. The Kier molecular flexibility index (Phi) is 6.04. The van der Waals surface area contributed by atoms with Crippen molar-refractivity contribution in [2.75, 3.05) is 48.4 Å². The molecule has 34 heavy (non-hydrogen) atoms. The maximum absolute atomic E-state index is 12.2. The van der Waals surface area contributed by atoms with Crippen molar-refractivity contribution in [1.82, 2.24) is 9.97 Å². The van der Waals surface area contributed by atoms with E-state index in [0.29, 0.717) is 49.1 Å². The van der Waals surface area contributed by atoms with Gasteiger partial charge in [0.05, 0.1) is 36.8 Å². The summed E-state index contributed by atoms with van der Waals surface area (Å²) in [4.78, 5) is 25.4. The second kappa shape index (κ2) is 9.28. The van der Waals surface area contributed by atoms with E-state index in [9.17, 15) is 4.79 Å². The summed E-state index contributed by atoms with van der Waals surface area (Å²) in [6.45, 7) is 5.50. The van der Waals surface area contributed by atoms with Gasteiger partial charge < -0.3 is 30.7 Å². The zero-order valence-corrected chi connectivity index (χ0v) is 19.1. The van der Waals surface area contributed by atoms with E-state index >= 15 is 0 Å². The van der Waals surface area contributed by atoms with E-state index in [2.05, 4.69) is 14.9 Å². The summed E-state index contributed by atoms with van der Waals surface area (Å²) in [5.74, 6) is 2.06. The van der Waals surface area contributed by atoms with Gasteiger partial charge in [0.1, 0.15) is 17.3 Å². The number of nitrogens with zero attached hydrogens (tertiary/aromatic N) is 4. The molecule has 0 aliphatic carbocycles. The quantitative estimate of drug-likeness (QED) is 0.558. The molecule has 2 aliphatic heterocycles. The van der Waals surface area contributed by atoms with Crippen LogP contribution in [0.1, 0.15) is 12.1 Å². The third-order valence-electron chi connectivity index (χ3n) is 6.06. The van der Waals surface area contributed by atoms with Gasteiger partial charge in [0.15, 0.2) is 0 Å². The molecule has 1 aromatic carbocycles. The normalized spacial score (nSPS) is 18.4. The summed E-state index contributed by atoms with van der Waals surface area (Å²) in [5, 5.41) is 0. The van der Waals surface area contributed by atoms with Crippen LogP contribution in [0, 0.1) is 6.92 Å². The summed E-state index contributed by atoms with van der Waals surface area (Å²) in [6.07, 6.45) is 2.34. The largest absolute Gasteiger partial charge is 0.456 e. The van der Waals surface area contributed by atoms with Crippen LogP contribution in [0.25, 0.3) is 11.3 Å². The number of amides is 1. The van der Waals surface area contributed by atoms with Gasteiger partial charge in [-0.05, 0) is 37.6 Å². The number of hydrogen-bond acceptors (Lipinski definition) is 8. The molecule has 2 aromatic heterocycles. The van der Waals surface area contributed by atoms with Crippen molar-refractivity contribution in [2.45, 2.75) is 19.4 Å². The van der Waals surface area contributed by atoms with Gasteiger partial charge in [-0.15, -0.1) is 0 Å². The number of morpholine rings is 1. The molecule has 0 spiro atoms. The summed E-state index contributed by atoms with van der Waals surface area (Å²) >= 11 is 0. The van der Waals surface area contributed by atoms with Crippen LogP contribution in [0.2, 0.25) is 0 Å². The number of nitrogens with two attached hydrogens (primary N) is 2. The molecule has 2 aliphatic rings. The summed E-state index contributed by atoms with van der Waals surface area (Å²) < 4.78 is 11.8. The monoisotopic (exact) mass is 460 g/mol. The molecule has 4 N–H and O–H groups in total. The van der Waals surface area contributed by atoms with Crippen LogP contribution >= 0.6 is 0 Å². The molecular formula is C25H28N6O3. The highest BCUT2D eigenvalue weighted by Crippen LogP contribution is 2.36. The topological polar surface area (TPSA) is 120 Å². The molecule has 9 heteroatoms. The molecule has 2 saturated heterocycles. The minimum atomic E-state index is -0.442. The number of ether oxygens (including phenoxy) is 2. The number of carbonyl (C=O) groups excluding carboxylic acids is 1. The van der Waals surface area contributed by atoms with E-state index < -0.39 is 6.04 Å². The van der Waals surface area contributed by atoms with Crippen molar-refractivity contribution in [3.05, 3.63) is 54.4 Å². The average Bonchev–Trinajstić information content (AvgIpc) is 3.18. The van der Waals surface area contributed by atoms with E-state index in [1.165, 1.54) is 0 Å². The molecule has 9 nitrogen and oxygen atoms in total. The van der Waals surface area contributed by atoms with Crippen molar-refractivity contribution >= 4 is 23.1 Å². The van der Waals surface area contributed by atoms with Crippen molar-refractivity contribution < 1.29 is 14.3 Å². The first-order chi connectivity index (χ1) is 16.5. The van der Waals surface area contributed by atoms with Gasteiger partial charge >= 0.3 is 0 Å². The maximum atomic E-state index is 12.2. The van der Waals surface area contributed by atoms with E-state index in [0.717, 1.165) is 35.9 Å². The van der Waals surface area contributed by atoms with Crippen LogP contribution < -0.4 is 26.0 Å². The van der Waals surface area contributed by atoms with Crippen molar-refractivity contribution in [3.8, 4) is 22.8 Å². The Morgan fingerprint density at radius 3 is 2.62 bits per heavy atom. The highest BCUT2D eigenvalue weighted by atomic mass is 16.5. The number of carbonyl (C=O) groups is 1. The smallest absolute Gasteiger partial charge is 0.244 e. The molecule has 1 atom stereocenters. The minimum Gasteiger partial charge on any atom is -0.456 e. The number of aryl methyl sites for hydroxylation is 1. The zero-order valence-electron chi connectivity index (χ0n) is 19.1. The fourth-order valence-corrected chi connectivity index (χ4v) is 4.26. The molecule has 1 unspecified atom stereocenters. The maximum Gasteiger partial charge on any atom is 0.244 e. The molecule has 4 heterocycles. The third kappa shape index (κ3) is 4.52. The Morgan fingerprint density at radius 2 is 1.91 bits per heavy atom. The first-order valence-corrected chi connectivity index (χ1v) is 11.4. The molecule has 2 fully saturated rings. The fraction of sp³-hybridized carbons (Fsp3) is 0.320. The molecular weight excluding hydrogens is 432 g/mol. The van der Waals surface area contributed by atoms with Crippen molar-refractivity contribution in [3.63, 3.8) is 0 Å². The van der Waals surface area contributed by atoms with E-state index in [1.54, 1.807) is 17.2 Å². The number of pyridine rings is 2. The minimum absolute atomic E-state index is 0.0739. The number of benzene rings is 1. The van der Waals surface area contributed by atoms with E-state index in [1.807, 2.05) is 43.3 Å². The predicted octanol–water partition coefficient (Wildman–Crippen LogP) is 2.73. The SMILES string of the molecule is Cc1cc(Oc2cc(N)ccc2-c2ccc(N3CCC(N)C3=O)cn2)cc(N2CCOCC2)n1. The van der Waals surface area contributed by atoms with Gasteiger partial charge in [-0.25, -0.2) is 4.98 Å². The lowest BCUT2D eigenvalue weighted by Crippen LogP contribution is -2.36. The standard InChI is InChI=1S/C25H28N6O3/c1-16-12-19(14-24(29-16)30-8-10-33-11-9-30)34-23-13-17(26)2-4-20(23)22-5-3-18(15-28-22)31-7-6-21(27)25(31)32/h2-5,12-15,21H,6-11,26-27H2,1H3. The van der Waals surface area contributed by atoms with Crippen LogP contribution in [-0.4, -0.2) is 54.8 Å². The average molecular weight is 461 g/mol. The molecule has 0 radical (unpaired) electrons. The Morgan fingerprint density at radius 1 is 1.09 bits per heavy atom. The van der Waals surface area contributed by atoms with Crippen molar-refractivity contribution in [1.29, 1.82) is 0 Å². The second-order valence-corrected chi connectivity index (χ2v) is 8.55. The number of nitrogen functional groups attached to an aromatic ring is 1. The Hall–Kier alpha value is -3.69. The van der Waals surface area contributed by atoms with Crippen LogP contribution in [-0.2, 0) is 9.53 Å². The van der Waals surface area contributed by atoms with Crippen LogP contribution in [0.3, 0.4) is 0 Å². The number of hydrogen-bond donors (Lipinski definition) is 2. The highest BCUT2D eigenvalue weighted by Gasteiger charge is 2.29. The van der Waals surface area contributed by atoms with Crippen LogP contribution in [0.15, 0.2) is 48.7 Å². The lowest BCUT2D eigenvalue weighted by molar-refractivity contribution is -0.118. The Labute approximate surface area is 198 Å².